The van der Waals surface area contributed by atoms with E-state index in [0.29, 0.717) is 5.92 Å². The minimum atomic E-state index is 0.660. The second kappa shape index (κ2) is 11.6. The van der Waals surface area contributed by atoms with E-state index in [4.69, 9.17) is 0 Å². The molecule has 0 aliphatic rings. The van der Waals surface area contributed by atoms with Gasteiger partial charge in [0.1, 0.15) is 0 Å². The highest BCUT2D eigenvalue weighted by Gasteiger charge is 2.17. The third kappa shape index (κ3) is 6.07. The lowest BCUT2D eigenvalue weighted by atomic mass is 9.82. The first kappa shape index (κ1) is 21.4. The number of unbranched alkanes of at least 4 members (excludes halogenated alkanes) is 4. The molecule has 0 N–H and O–H groups in total. The first-order valence-electron chi connectivity index (χ1n) is 11.6. The Morgan fingerprint density at radius 1 is 0.552 bits per heavy atom. The van der Waals surface area contributed by atoms with Gasteiger partial charge in [-0.2, -0.15) is 0 Å². The van der Waals surface area contributed by atoms with Crippen molar-refractivity contribution in [3.63, 3.8) is 0 Å². The second-order valence-electron chi connectivity index (χ2n) is 8.22. The van der Waals surface area contributed by atoms with Gasteiger partial charge in [-0.15, -0.1) is 0 Å². The first-order valence-corrected chi connectivity index (χ1v) is 11.6. The highest BCUT2D eigenvalue weighted by Crippen LogP contribution is 2.38. The van der Waals surface area contributed by atoms with Gasteiger partial charge in [-0.1, -0.05) is 125 Å². The lowest BCUT2D eigenvalue weighted by Crippen LogP contribution is -2.03. The smallest absolute Gasteiger partial charge is 0.0143 e. The average molecular weight is 385 g/mol. The Kier molecular flexibility index (Phi) is 8.56. The summed E-state index contributed by atoms with van der Waals surface area (Å²) in [6.45, 7) is 4.60. The van der Waals surface area contributed by atoms with Gasteiger partial charge < -0.3 is 0 Å². The molecule has 3 rings (SSSR count). The summed E-state index contributed by atoms with van der Waals surface area (Å²) < 4.78 is 0. The molecule has 0 bridgehead atoms. The zero-order valence-corrected chi connectivity index (χ0v) is 18.2. The van der Waals surface area contributed by atoms with Crippen LogP contribution >= 0.6 is 0 Å². The van der Waals surface area contributed by atoms with Crippen molar-refractivity contribution in [3.8, 4) is 22.3 Å². The van der Waals surface area contributed by atoms with E-state index in [-0.39, 0.29) is 0 Å². The molecular formula is C29H36. The maximum absolute atomic E-state index is 2.42. The molecule has 0 atom stereocenters. The fourth-order valence-electron chi connectivity index (χ4n) is 4.33. The SMILES string of the molecule is CCCCCC(CCCCC)c1ccc(-c2ccccc2)cc1-c1ccccc1. The molecule has 0 nitrogen and oxygen atoms in total. The highest BCUT2D eigenvalue weighted by molar-refractivity contribution is 5.76. The molecule has 0 saturated carbocycles. The van der Waals surface area contributed by atoms with Crippen molar-refractivity contribution in [2.45, 2.75) is 71.1 Å². The van der Waals surface area contributed by atoms with Crippen LogP contribution in [-0.4, -0.2) is 0 Å². The lowest BCUT2D eigenvalue weighted by molar-refractivity contribution is 0.507. The number of benzene rings is 3. The standard InChI is InChI=1S/C29H36/c1-3-5-9-17-25(18-10-6-4-2)28-22-21-27(24-15-11-7-12-16-24)23-29(28)26-19-13-8-14-20-26/h7-8,11-16,19-23,25H,3-6,9-10,17-18H2,1-2H3. The monoisotopic (exact) mass is 384 g/mol. The van der Waals surface area contributed by atoms with Crippen molar-refractivity contribution in [2.24, 2.45) is 0 Å². The van der Waals surface area contributed by atoms with Gasteiger partial charge in [0, 0.05) is 0 Å². The molecule has 29 heavy (non-hydrogen) atoms. The summed E-state index contributed by atoms with van der Waals surface area (Å²) >= 11 is 0. The van der Waals surface area contributed by atoms with Crippen LogP contribution in [0.5, 0.6) is 0 Å². The maximum Gasteiger partial charge on any atom is -0.0143 e. The Balaban J connectivity index is 1.99. The summed E-state index contributed by atoms with van der Waals surface area (Å²) in [4.78, 5) is 0. The van der Waals surface area contributed by atoms with Gasteiger partial charge in [0.25, 0.3) is 0 Å². The summed E-state index contributed by atoms with van der Waals surface area (Å²) in [7, 11) is 0. The second-order valence-corrected chi connectivity index (χ2v) is 8.22. The molecule has 0 aromatic heterocycles. The molecular weight excluding hydrogens is 348 g/mol. The van der Waals surface area contributed by atoms with Crippen molar-refractivity contribution in [1.82, 2.24) is 0 Å². The summed E-state index contributed by atoms with van der Waals surface area (Å²) in [5.41, 5.74) is 6.92. The molecule has 3 aromatic carbocycles. The van der Waals surface area contributed by atoms with Crippen molar-refractivity contribution in [2.75, 3.05) is 0 Å². The van der Waals surface area contributed by atoms with Gasteiger partial charge in [0.05, 0.1) is 0 Å². The molecule has 0 aliphatic heterocycles. The van der Waals surface area contributed by atoms with Gasteiger partial charge in [-0.3, -0.25) is 0 Å². The van der Waals surface area contributed by atoms with E-state index in [2.05, 4.69) is 92.7 Å². The predicted octanol–water partition coefficient (Wildman–Crippen LogP) is 9.26. The van der Waals surface area contributed by atoms with Crippen LogP contribution in [0.3, 0.4) is 0 Å². The zero-order valence-electron chi connectivity index (χ0n) is 18.2. The molecule has 0 saturated heterocycles. The molecule has 0 heteroatoms. The van der Waals surface area contributed by atoms with Crippen molar-refractivity contribution in [3.05, 3.63) is 84.4 Å². The summed E-state index contributed by atoms with van der Waals surface area (Å²) in [6, 6.07) is 28.9. The molecule has 0 fully saturated rings. The number of hydrogen-bond donors (Lipinski definition) is 0. The highest BCUT2D eigenvalue weighted by atomic mass is 14.2. The van der Waals surface area contributed by atoms with Gasteiger partial charge in [-0.25, -0.2) is 0 Å². The van der Waals surface area contributed by atoms with E-state index in [1.54, 1.807) is 5.56 Å². The van der Waals surface area contributed by atoms with Crippen molar-refractivity contribution >= 4 is 0 Å². The predicted molar refractivity (Wildman–Crippen MR) is 128 cm³/mol. The van der Waals surface area contributed by atoms with Crippen LogP contribution in [0.4, 0.5) is 0 Å². The fourth-order valence-corrected chi connectivity index (χ4v) is 4.33. The van der Waals surface area contributed by atoms with E-state index in [1.807, 2.05) is 0 Å². The molecule has 0 radical (unpaired) electrons. The van der Waals surface area contributed by atoms with Crippen LogP contribution in [-0.2, 0) is 0 Å². The van der Waals surface area contributed by atoms with E-state index >= 15 is 0 Å². The molecule has 0 aliphatic carbocycles. The Hall–Kier alpha value is -2.34. The van der Waals surface area contributed by atoms with E-state index in [9.17, 15) is 0 Å². The van der Waals surface area contributed by atoms with Crippen LogP contribution in [0.25, 0.3) is 22.3 Å². The van der Waals surface area contributed by atoms with E-state index in [1.165, 1.54) is 73.6 Å². The van der Waals surface area contributed by atoms with Gasteiger partial charge in [0.2, 0.25) is 0 Å². The van der Waals surface area contributed by atoms with Crippen LogP contribution in [0.15, 0.2) is 78.9 Å². The lowest BCUT2D eigenvalue weighted by Gasteiger charge is -2.22. The fraction of sp³-hybridized carbons (Fsp3) is 0.379. The normalized spacial score (nSPS) is 11.1. The molecule has 0 heterocycles. The van der Waals surface area contributed by atoms with Gasteiger partial charge in [-0.05, 0) is 52.6 Å². The zero-order chi connectivity index (χ0) is 20.3. The topological polar surface area (TPSA) is 0 Å². The van der Waals surface area contributed by atoms with Crippen molar-refractivity contribution < 1.29 is 0 Å². The third-order valence-electron chi connectivity index (χ3n) is 6.00. The molecule has 3 aromatic rings. The Morgan fingerprint density at radius 2 is 1.10 bits per heavy atom. The quantitative estimate of drug-likeness (QED) is 0.289. The van der Waals surface area contributed by atoms with E-state index in [0.717, 1.165) is 0 Å². The maximum atomic E-state index is 2.42. The summed E-state index contributed by atoms with van der Waals surface area (Å²) in [5.74, 6) is 0.660. The minimum Gasteiger partial charge on any atom is -0.0654 e. The number of rotatable bonds is 11. The van der Waals surface area contributed by atoms with Crippen LogP contribution in [0.2, 0.25) is 0 Å². The number of hydrogen-bond acceptors (Lipinski definition) is 0. The molecule has 152 valence electrons. The summed E-state index contributed by atoms with van der Waals surface area (Å²) in [6.07, 6.45) is 10.6. The van der Waals surface area contributed by atoms with Gasteiger partial charge in [0.15, 0.2) is 0 Å². The van der Waals surface area contributed by atoms with Crippen LogP contribution in [0.1, 0.15) is 76.7 Å². The summed E-state index contributed by atoms with van der Waals surface area (Å²) in [5, 5.41) is 0. The third-order valence-corrected chi connectivity index (χ3v) is 6.00. The van der Waals surface area contributed by atoms with Crippen molar-refractivity contribution in [1.29, 1.82) is 0 Å². The van der Waals surface area contributed by atoms with E-state index < -0.39 is 0 Å². The first-order chi connectivity index (χ1) is 14.3. The Morgan fingerprint density at radius 3 is 1.66 bits per heavy atom. The molecule has 0 amide bonds. The largest absolute Gasteiger partial charge is 0.0654 e. The van der Waals surface area contributed by atoms with Gasteiger partial charge >= 0.3 is 0 Å². The Labute approximate surface area is 178 Å². The van der Waals surface area contributed by atoms with Crippen LogP contribution in [0, 0.1) is 0 Å². The molecule has 0 spiro atoms. The average Bonchev–Trinajstić information content (AvgIpc) is 2.79. The van der Waals surface area contributed by atoms with Crippen LogP contribution < -0.4 is 0 Å². The molecule has 0 unspecified atom stereocenters. The Bertz CT molecular complexity index is 822. The minimum absolute atomic E-state index is 0.660.